The van der Waals surface area contributed by atoms with E-state index in [0.717, 1.165) is 26.0 Å². The molecule has 2 nitrogen and oxygen atoms in total. The van der Waals surface area contributed by atoms with Crippen molar-refractivity contribution in [2.75, 3.05) is 20.2 Å². The zero-order chi connectivity index (χ0) is 12.8. The lowest BCUT2D eigenvalue weighted by molar-refractivity contribution is -0.0408. The van der Waals surface area contributed by atoms with Gasteiger partial charge in [0, 0.05) is 6.61 Å². The molecule has 98 valence electrons. The Labute approximate surface area is 102 Å². The molecule has 1 atom stereocenters. The summed E-state index contributed by atoms with van der Waals surface area (Å²) >= 11 is 0. The fourth-order valence-electron chi connectivity index (χ4n) is 1.65. The van der Waals surface area contributed by atoms with Gasteiger partial charge in [-0.15, -0.1) is 0 Å². The Morgan fingerprint density at radius 3 is 2.00 bits per heavy atom. The van der Waals surface area contributed by atoms with Crippen molar-refractivity contribution in [3.05, 3.63) is 0 Å². The van der Waals surface area contributed by atoms with E-state index in [9.17, 15) is 0 Å². The van der Waals surface area contributed by atoms with Crippen LogP contribution in [0.1, 0.15) is 54.4 Å². The summed E-state index contributed by atoms with van der Waals surface area (Å²) in [6.07, 6.45) is 2.56. The van der Waals surface area contributed by atoms with E-state index in [0.29, 0.717) is 11.5 Å². The van der Waals surface area contributed by atoms with Gasteiger partial charge in [-0.05, 0) is 37.3 Å². The van der Waals surface area contributed by atoms with Gasteiger partial charge >= 0.3 is 0 Å². The highest BCUT2D eigenvalue weighted by Crippen LogP contribution is 2.32. The Kier molecular flexibility index (Phi) is 6.57. The summed E-state index contributed by atoms with van der Waals surface area (Å²) in [7, 11) is 1.98. The van der Waals surface area contributed by atoms with E-state index >= 15 is 0 Å². The van der Waals surface area contributed by atoms with Gasteiger partial charge < -0.3 is 10.1 Å². The largest absolute Gasteiger partial charge is 0.378 e. The van der Waals surface area contributed by atoms with Crippen LogP contribution >= 0.6 is 0 Å². The van der Waals surface area contributed by atoms with Crippen LogP contribution in [-0.2, 0) is 4.74 Å². The molecule has 1 N–H and O–H groups in total. The second kappa shape index (κ2) is 6.61. The van der Waals surface area contributed by atoms with Gasteiger partial charge in [-0.2, -0.15) is 0 Å². The van der Waals surface area contributed by atoms with E-state index in [2.05, 4.69) is 46.9 Å². The summed E-state index contributed by atoms with van der Waals surface area (Å²) in [5.74, 6) is 0. The van der Waals surface area contributed by atoms with Crippen molar-refractivity contribution in [3.8, 4) is 0 Å². The molecule has 1 unspecified atom stereocenters. The number of rotatable bonds is 6. The number of hydrogen-bond acceptors (Lipinski definition) is 2. The molecule has 0 heterocycles. The Bertz CT molecular complexity index is 176. The van der Waals surface area contributed by atoms with Crippen LogP contribution in [0.25, 0.3) is 0 Å². The maximum absolute atomic E-state index is 6.04. The molecule has 16 heavy (non-hydrogen) atoms. The molecule has 0 aliphatic carbocycles. The lowest BCUT2D eigenvalue weighted by atomic mass is 9.78. The first-order chi connectivity index (χ1) is 7.17. The third-order valence-electron chi connectivity index (χ3n) is 2.65. The molecule has 0 aliphatic rings. The first kappa shape index (κ1) is 15.9. The Morgan fingerprint density at radius 2 is 1.62 bits per heavy atom. The second-order valence-corrected chi connectivity index (χ2v) is 6.95. The van der Waals surface area contributed by atoms with E-state index < -0.39 is 0 Å². The molecule has 0 aliphatic heterocycles. The van der Waals surface area contributed by atoms with Crippen molar-refractivity contribution in [2.45, 2.75) is 60.5 Å². The van der Waals surface area contributed by atoms with E-state index in [4.69, 9.17) is 4.74 Å². The zero-order valence-corrected chi connectivity index (χ0v) is 12.3. The number of ether oxygens (including phenoxy) is 1. The summed E-state index contributed by atoms with van der Waals surface area (Å²) in [6.45, 7) is 15.5. The fraction of sp³-hybridized carbons (Fsp3) is 1.00. The van der Waals surface area contributed by atoms with Crippen molar-refractivity contribution >= 4 is 0 Å². The normalized spacial score (nSPS) is 15.2. The van der Waals surface area contributed by atoms with Gasteiger partial charge in [0.05, 0.1) is 6.10 Å². The lowest BCUT2D eigenvalue weighted by Crippen LogP contribution is -2.34. The van der Waals surface area contributed by atoms with Gasteiger partial charge in [-0.1, -0.05) is 41.5 Å². The van der Waals surface area contributed by atoms with Gasteiger partial charge in [0.15, 0.2) is 0 Å². The number of hydrogen-bond donors (Lipinski definition) is 1. The van der Waals surface area contributed by atoms with E-state index in [1.54, 1.807) is 0 Å². The Morgan fingerprint density at radius 1 is 1.06 bits per heavy atom. The van der Waals surface area contributed by atoms with E-state index in [1.807, 2.05) is 7.05 Å². The minimum atomic E-state index is 0.229. The molecule has 0 aromatic carbocycles. The minimum Gasteiger partial charge on any atom is -0.378 e. The Balaban J connectivity index is 4.13. The first-order valence-corrected chi connectivity index (χ1v) is 6.43. The van der Waals surface area contributed by atoms with Gasteiger partial charge in [0.1, 0.15) is 0 Å². The Hall–Kier alpha value is -0.0800. The first-order valence-electron chi connectivity index (χ1n) is 6.43. The van der Waals surface area contributed by atoms with Crippen LogP contribution in [0.4, 0.5) is 0 Å². The topological polar surface area (TPSA) is 21.3 Å². The standard InChI is InChI=1S/C14H31NO/c1-13(2,3)11-12(14(4,5)6)16-10-8-9-15-7/h12,15H,8-11H2,1-7H3. The maximum atomic E-state index is 6.04. The third-order valence-corrected chi connectivity index (χ3v) is 2.65. The van der Waals surface area contributed by atoms with Crippen molar-refractivity contribution in [3.63, 3.8) is 0 Å². The average Bonchev–Trinajstić information content (AvgIpc) is 2.06. The highest BCUT2D eigenvalue weighted by molar-refractivity contribution is 4.79. The summed E-state index contributed by atoms with van der Waals surface area (Å²) in [6, 6.07) is 0. The highest BCUT2D eigenvalue weighted by Gasteiger charge is 2.29. The van der Waals surface area contributed by atoms with Crippen molar-refractivity contribution < 1.29 is 4.74 Å². The SMILES string of the molecule is CNCCCOC(CC(C)(C)C)C(C)(C)C. The third kappa shape index (κ3) is 8.12. The quantitative estimate of drug-likeness (QED) is 0.704. The molecule has 0 fully saturated rings. The molecule has 0 spiro atoms. The summed E-state index contributed by atoms with van der Waals surface area (Å²) < 4.78 is 6.04. The van der Waals surface area contributed by atoms with E-state index in [-0.39, 0.29) is 5.41 Å². The summed E-state index contributed by atoms with van der Waals surface area (Å²) in [5.41, 5.74) is 0.563. The molecule has 0 aromatic rings. The molecule has 0 saturated heterocycles. The molecular formula is C14H31NO. The van der Waals surface area contributed by atoms with Gasteiger partial charge in [0.2, 0.25) is 0 Å². The molecule has 0 amide bonds. The van der Waals surface area contributed by atoms with Crippen LogP contribution in [0.2, 0.25) is 0 Å². The monoisotopic (exact) mass is 229 g/mol. The molecule has 2 heteroatoms. The van der Waals surface area contributed by atoms with E-state index in [1.165, 1.54) is 0 Å². The average molecular weight is 229 g/mol. The molecule has 0 radical (unpaired) electrons. The van der Waals surface area contributed by atoms with Gasteiger partial charge in [0.25, 0.3) is 0 Å². The lowest BCUT2D eigenvalue weighted by Gasteiger charge is -2.35. The smallest absolute Gasteiger partial charge is 0.0628 e. The van der Waals surface area contributed by atoms with Crippen LogP contribution in [0.15, 0.2) is 0 Å². The van der Waals surface area contributed by atoms with Crippen molar-refractivity contribution in [1.82, 2.24) is 5.32 Å². The molecule has 0 saturated carbocycles. The van der Waals surface area contributed by atoms with Crippen LogP contribution in [-0.4, -0.2) is 26.3 Å². The predicted molar refractivity (Wildman–Crippen MR) is 71.8 cm³/mol. The van der Waals surface area contributed by atoms with Crippen LogP contribution in [0.3, 0.4) is 0 Å². The summed E-state index contributed by atoms with van der Waals surface area (Å²) in [5, 5.41) is 3.15. The van der Waals surface area contributed by atoms with Gasteiger partial charge in [-0.3, -0.25) is 0 Å². The molecular weight excluding hydrogens is 198 g/mol. The summed E-state index contributed by atoms with van der Waals surface area (Å²) in [4.78, 5) is 0. The fourth-order valence-corrected chi connectivity index (χ4v) is 1.65. The maximum Gasteiger partial charge on any atom is 0.0628 e. The molecule has 0 aromatic heterocycles. The van der Waals surface area contributed by atoms with Crippen molar-refractivity contribution in [2.24, 2.45) is 10.8 Å². The van der Waals surface area contributed by atoms with Crippen molar-refractivity contribution in [1.29, 1.82) is 0 Å². The van der Waals surface area contributed by atoms with Crippen LogP contribution < -0.4 is 5.32 Å². The minimum absolute atomic E-state index is 0.229. The zero-order valence-electron chi connectivity index (χ0n) is 12.3. The predicted octanol–water partition coefficient (Wildman–Crippen LogP) is 3.46. The number of nitrogens with one attached hydrogen (secondary N) is 1. The van der Waals surface area contributed by atoms with Crippen LogP contribution in [0, 0.1) is 10.8 Å². The second-order valence-electron chi connectivity index (χ2n) is 6.95. The molecule has 0 bridgehead atoms. The molecule has 0 rings (SSSR count). The van der Waals surface area contributed by atoms with Gasteiger partial charge in [-0.25, -0.2) is 0 Å². The highest BCUT2D eigenvalue weighted by atomic mass is 16.5. The van der Waals surface area contributed by atoms with Crippen LogP contribution in [0.5, 0.6) is 0 Å².